The molecular formula is C15H23N5O2. The summed E-state index contributed by atoms with van der Waals surface area (Å²) in [4.78, 5) is 8.39. The molecule has 3 heterocycles. The molecule has 4 N–H and O–H groups in total. The Morgan fingerprint density at radius 2 is 2.14 bits per heavy atom. The Labute approximate surface area is 129 Å². The molecular weight excluding hydrogens is 282 g/mol. The number of nitrogens with two attached hydrogens (primary N) is 2. The molecule has 1 saturated heterocycles. The van der Waals surface area contributed by atoms with Gasteiger partial charge in [0, 0.05) is 12.7 Å². The zero-order valence-corrected chi connectivity index (χ0v) is 13.2. The van der Waals surface area contributed by atoms with Crippen molar-refractivity contribution in [1.29, 1.82) is 0 Å². The van der Waals surface area contributed by atoms with Crippen LogP contribution in [0.25, 0.3) is 11.0 Å². The highest BCUT2D eigenvalue weighted by molar-refractivity contribution is 5.86. The number of hydrogen-bond acceptors (Lipinski definition) is 6. The Bertz CT molecular complexity index is 684. The SMILES string of the molecule is CCC[C@H]1OC(C)(C)O[C@@]1(CN)n1ccc2c(N)ncnc21. The first-order valence-electron chi connectivity index (χ1n) is 7.59. The van der Waals surface area contributed by atoms with Gasteiger partial charge in [0.2, 0.25) is 0 Å². The molecule has 0 radical (unpaired) electrons. The fraction of sp³-hybridized carbons (Fsp3) is 0.600. The summed E-state index contributed by atoms with van der Waals surface area (Å²) >= 11 is 0. The van der Waals surface area contributed by atoms with E-state index < -0.39 is 11.5 Å². The fourth-order valence-electron chi connectivity index (χ4n) is 3.25. The number of hydrogen-bond donors (Lipinski definition) is 2. The van der Waals surface area contributed by atoms with E-state index in [2.05, 4.69) is 16.9 Å². The van der Waals surface area contributed by atoms with Crippen molar-refractivity contribution in [3.05, 3.63) is 18.6 Å². The van der Waals surface area contributed by atoms with Gasteiger partial charge in [-0.15, -0.1) is 0 Å². The first-order chi connectivity index (χ1) is 10.4. The quantitative estimate of drug-likeness (QED) is 0.889. The van der Waals surface area contributed by atoms with E-state index in [0.717, 1.165) is 18.2 Å². The van der Waals surface area contributed by atoms with Gasteiger partial charge in [0.25, 0.3) is 0 Å². The Morgan fingerprint density at radius 1 is 1.36 bits per heavy atom. The summed E-state index contributed by atoms with van der Waals surface area (Å²) < 4.78 is 14.3. The van der Waals surface area contributed by atoms with Crippen LogP contribution in [0.1, 0.15) is 33.6 Å². The summed E-state index contributed by atoms with van der Waals surface area (Å²) in [6.45, 7) is 6.21. The zero-order valence-electron chi connectivity index (χ0n) is 13.2. The Hall–Kier alpha value is -1.70. The van der Waals surface area contributed by atoms with Gasteiger partial charge < -0.3 is 20.9 Å². The Morgan fingerprint density at radius 3 is 2.82 bits per heavy atom. The van der Waals surface area contributed by atoms with E-state index in [0.29, 0.717) is 11.5 Å². The third kappa shape index (κ3) is 2.16. The highest BCUT2D eigenvalue weighted by Gasteiger charge is 2.53. The fourth-order valence-corrected chi connectivity index (χ4v) is 3.25. The van der Waals surface area contributed by atoms with E-state index in [9.17, 15) is 0 Å². The van der Waals surface area contributed by atoms with Crippen LogP contribution in [0.2, 0.25) is 0 Å². The summed E-state index contributed by atoms with van der Waals surface area (Å²) in [6, 6.07) is 1.89. The standard InChI is InChI=1S/C15H23N5O2/c1-4-5-11-15(8-16,22-14(2,3)21-11)20-7-6-10-12(17)18-9-19-13(10)20/h6-7,9,11H,4-5,8,16H2,1-3H3,(H2,17,18,19)/t11-,15-/m1/s1. The van der Waals surface area contributed by atoms with E-state index in [-0.39, 0.29) is 12.6 Å². The molecule has 0 aliphatic carbocycles. The maximum atomic E-state index is 6.26. The number of nitrogen functional groups attached to an aromatic ring is 1. The lowest BCUT2D eigenvalue weighted by Crippen LogP contribution is -2.49. The van der Waals surface area contributed by atoms with Crippen LogP contribution in [0.5, 0.6) is 0 Å². The third-order valence-corrected chi connectivity index (χ3v) is 4.11. The molecule has 2 atom stereocenters. The Balaban J connectivity index is 2.17. The summed E-state index contributed by atoms with van der Waals surface area (Å²) in [7, 11) is 0. The molecule has 1 fully saturated rings. The van der Waals surface area contributed by atoms with Crippen molar-refractivity contribution in [2.45, 2.75) is 51.2 Å². The van der Waals surface area contributed by atoms with E-state index in [1.54, 1.807) is 0 Å². The Kier molecular flexibility index (Phi) is 3.58. The minimum atomic E-state index is -0.790. The molecule has 120 valence electrons. The first-order valence-corrected chi connectivity index (χ1v) is 7.59. The molecule has 7 heteroatoms. The van der Waals surface area contributed by atoms with Crippen molar-refractivity contribution >= 4 is 16.9 Å². The van der Waals surface area contributed by atoms with Crippen LogP contribution in [0.3, 0.4) is 0 Å². The van der Waals surface area contributed by atoms with Gasteiger partial charge in [-0.2, -0.15) is 0 Å². The van der Waals surface area contributed by atoms with E-state index in [1.165, 1.54) is 6.33 Å². The molecule has 0 aromatic carbocycles. The average Bonchev–Trinajstić information content (AvgIpc) is 3.00. The monoisotopic (exact) mass is 305 g/mol. The molecule has 22 heavy (non-hydrogen) atoms. The lowest BCUT2D eigenvalue weighted by atomic mass is 10.0. The maximum Gasteiger partial charge on any atom is 0.188 e. The molecule has 2 aromatic rings. The highest BCUT2D eigenvalue weighted by atomic mass is 16.8. The second kappa shape index (κ2) is 5.19. The summed E-state index contributed by atoms with van der Waals surface area (Å²) in [6.07, 6.45) is 5.03. The van der Waals surface area contributed by atoms with Crippen molar-refractivity contribution in [3.63, 3.8) is 0 Å². The molecule has 1 aliphatic rings. The number of rotatable bonds is 4. The van der Waals surface area contributed by atoms with Gasteiger partial charge in [-0.1, -0.05) is 13.3 Å². The maximum absolute atomic E-state index is 6.26. The summed E-state index contributed by atoms with van der Waals surface area (Å²) in [5.41, 5.74) is 12.0. The van der Waals surface area contributed by atoms with Crippen LogP contribution in [0, 0.1) is 0 Å². The average molecular weight is 305 g/mol. The first kappa shape index (κ1) is 15.2. The molecule has 3 rings (SSSR count). The van der Waals surface area contributed by atoms with Crippen molar-refractivity contribution in [3.8, 4) is 0 Å². The van der Waals surface area contributed by atoms with E-state index in [1.807, 2.05) is 30.7 Å². The summed E-state index contributed by atoms with van der Waals surface area (Å²) in [5.74, 6) is -0.255. The predicted octanol–water partition coefficient (Wildman–Crippen LogP) is 1.58. The lowest BCUT2D eigenvalue weighted by Gasteiger charge is -2.33. The highest BCUT2D eigenvalue weighted by Crippen LogP contribution is 2.43. The minimum absolute atomic E-state index is 0.149. The number of aromatic nitrogens is 3. The molecule has 0 saturated carbocycles. The van der Waals surface area contributed by atoms with Crippen molar-refractivity contribution in [1.82, 2.24) is 14.5 Å². The molecule has 1 aliphatic heterocycles. The van der Waals surface area contributed by atoms with Crippen LogP contribution < -0.4 is 11.5 Å². The van der Waals surface area contributed by atoms with Crippen LogP contribution in [0.4, 0.5) is 5.82 Å². The molecule has 0 amide bonds. The topological polar surface area (TPSA) is 101 Å². The second-order valence-electron chi connectivity index (χ2n) is 6.13. The van der Waals surface area contributed by atoms with Gasteiger partial charge in [0.05, 0.1) is 5.39 Å². The molecule has 0 bridgehead atoms. The van der Waals surface area contributed by atoms with Gasteiger partial charge in [-0.25, -0.2) is 9.97 Å². The van der Waals surface area contributed by atoms with Crippen LogP contribution >= 0.6 is 0 Å². The van der Waals surface area contributed by atoms with Crippen LogP contribution in [-0.2, 0) is 15.2 Å². The molecule has 2 aromatic heterocycles. The molecule has 0 spiro atoms. The number of ether oxygens (including phenoxy) is 2. The van der Waals surface area contributed by atoms with E-state index in [4.69, 9.17) is 20.9 Å². The van der Waals surface area contributed by atoms with Crippen molar-refractivity contribution in [2.75, 3.05) is 12.3 Å². The van der Waals surface area contributed by atoms with Crippen LogP contribution in [-0.4, -0.2) is 33.0 Å². The lowest BCUT2D eigenvalue weighted by molar-refractivity contribution is -0.179. The van der Waals surface area contributed by atoms with Crippen LogP contribution in [0.15, 0.2) is 18.6 Å². The smallest absolute Gasteiger partial charge is 0.188 e. The van der Waals surface area contributed by atoms with E-state index >= 15 is 0 Å². The predicted molar refractivity (Wildman–Crippen MR) is 83.9 cm³/mol. The number of nitrogens with zero attached hydrogens (tertiary/aromatic N) is 3. The van der Waals surface area contributed by atoms with Gasteiger partial charge in [0.15, 0.2) is 11.5 Å². The van der Waals surface area contributed by atoms with Crippen molar-refractivity contribution in [2.24, 2.45) is 5.73 Å². The molecule has 0 unspecified atom stereocenters. The van der Waals surface area contributed by atoms with Crippen molar-refractivity contribution < 1.29 is 9.47 Å². The largest absolute Gasteiger partial charge is 0.383 e. The van der Waals surface area contributed by atoms with Gasteiger partial charge >= 0.3 is 0 Å². The summed E-state index contributed by atoms with van der Waals surface area (Å²) in [5, 5.41) is 0.791. The minimum Gasteiger partial charge on any atom is -0.383 e. The number of anilines is 1. The zero-order chi connectivity index (χ0) is 16.0. The second-order valence-corrected chi connectivity index (χ2v) is 6.13. The van der Waals surface area contributed by atoms with Gasteiger partial charge in [-0.3, -0.25) is 4.57 Å². The van der Waals surface area contributed by atoms with Gasteiger partial charge in [0.1, 0.15) is 23.9 Å². The third-order valence-electron chi connectivity index (χ3n) is 4.11. The van der Waals surface area contributed by atoms with Gasteiger partial charge in [-0.05, 0) is 26.3 Å². The normalized spacial score (nSPS) is 27.5. The molecule has 7 nitrogen and oxygen atoms in total. The number of fused-ring (bicyclic) bond motifs is 1.